The minimum absolute atomic E-state index is 0.936. The Morgan fingerprint density at radius 1 is 1.67 bits per heavy atom. The zero-order valence-corrected chi connectivity index (χ0v) is 7.57. The molecule has 2 nitrogen and oxygen atoms in total. The lowest BCUT2D eigenvalue weighted by Gasteiger charge is -1.91. The topological polar surface area (TPSA) is 21.6 Å². The summed E-state index contributed by atoms with van der Waals surface area (Å²) in [6, 6.07) is 0. The highest BCUT2D eigenvalue weighted by Crippen LogP contribution is 2.32. The van der Waals surface area contributed by atoms with Crippen LogP contribution in [0.5, 0.6) is 0 Å². The number of oxime groups is 1. The van der Waals surface area contributed by atoms with Gasteiger partial charge in [0.2, 0.25) is 0 Å². The highest BCUT2D eigenvalue weighted by molar-refractivity contribution is 5.70. The molecule has 1 radical (unpaired) electrons. The third kappa shape index (κ3) is 4.94. The van der Waals surface area contributed by atoms with Crippen molar-refractivity contribution in [1.29, 1.82) is 0 Å². The van der Waals surface area contributed by atoms with Crippen LogP contribution in [0.15, 0.2) is 17.3 Å². The molecule has 67 valence electrons. The minimum Gasteiger partial charge on any atom is -0.399 e. The molecule has 0 spiro atoms. The molecule has 1 fully saturated rings. The molecule has 2 heteroatoms. The Balaban J connectivity index is 1.86. The molecule has 0 aliphatic heterocycles. The summed E-state index contributed by atoms with van der Waals surface area (Å²) in [5.74, 6) is 0.936. The van der Waals surface area contributed by atoms with Crippen molar-refractivity contribution >= 4 is 6.21 Å². The van der Waals surface area contributed by atoms with Gasteiger partial charge in [-0.2, -0.15) is 0 Å². The van der Waals surface area contributed by atoms with E-state index in [1.54, 1.807) is 13.3 Å². The first-order chi connectivity index (χ1) is 5.93. The lowest BCUT2D eigenvalue weighted by atomic mass is 10.2. The third-order valence-electron chi connectivity index (χ3n) is 1.90. The molecular weight excluding hydrogens is 150 g/mol. The van der Waals surface area contributed by atoms with Gasteiger partial charge in [-0.1, -0.05) is 11.2 Å². The second kappa shape index (κ2) is 5.81. The molecule has 1 aliphatic carbocycles. The number of unbranched alkanes of at least 4 members (excludes halogenated alkanes) is 1. The summed E-state index contributed by atoms with van der Waals surface area (Å²) in [6.45, 7) is 0. The quantitative estimate of drug-likeness (QED) is 0.337. The van der Waals surface area contributed by atoms with Crippen LogP contribution in [0.25, 0.3) is 0 Å². The molecule has 0 amide bonds. The maximum absolute atomic E-state index is 4.51. The Morgan fingerprint density at radius 2 is 2.50 bits per heavy atom. The van der Waals surface area contributed by atoms with Gasteiger partial charge in [0.25, 0.3) is 0 Å². The zero-order valence-electron chi connectivity index (χ0n) is 7.57. The predicted molar refractivity (Wildman–Crippen MR) is 50.9 cm³/mol. The molecule has 0 aromatic rings. The van der Waals surface area contributed by atoms with E-state index in [0.29, 0.717) is 0 Å². The number of nitrogens with zero attached hydrogens (tertiary/aromatic N) is 1. The Labute approximate surface area is 74.3 Å². The van der Waals surface area contributed by atoms with Crippen molar-refractivity contribution in [2.45, 2.75) is 25.7 Å². The van der Waals surface area contributed by atoms with Crippen molar-refractivity contribution in [3.8, 4) is 0 Å². The van der Waals surface area contributed by atoms with Crippen LogP contribution in [0.4, 0.5) is 0 Å². The summed E-state index contributed by atoms with van der Waals surface area (Å²) in [7, 11) is 1.55. The second-order valence-electron chi connectivity index (χ2n) is 3.03. The number of hydrogen-bond acceptors (Lipinski definition) is 2. The van der Waals surface area contributed by atoms with E-state index in [1.165, 1.54) is 19.3 Å². The van der Waals surface area contributed by atoms with Gasteiger partial charge in [-0.05, 0) is 44.1 Å². The van der Waals surface area contributed by atoms with Crippen molar-refractivity contribution in [2.75, 3.05) is 7.11 Å². The molecule has 1 aliphatic rings. The lowest BCUT2D eigenvalue weighted by molar-refractivity contribution is 0.215. The van der Waals surface area contributed by atoms with E-state index in [0.717, 1.165) is 12.3 Å². The SMILES string of the molecule is CON=CC=CCCCC1[CH]C1. The lowest BCUT2D eigenvalue weighted by Crippen LogP contribution is -1.76. The van der Waals surface area contributed by atoms with Crippen molar-refractivity contribution in [2.24, 2.45) is 11.1 Å². The normalized spacial score (nSPS) is 17.8. The van der Waals surface area contributed by atoms with Crippen molar-refractivity contribution < 1.29 is 4.84 Å². The van der Waals surface area contributed by atoms with Crippen LogP contribution >= 0.6 is 0 Å². The Kier molecular flexibility index (Phi) is 4.50. The molecule has 0 bridgehead atoms. The predicted octanol–water partition coefficient (Wildman–Crippen LogP) is 2.57. The molecule has 0 saturated heterocycles. The van der Waals surface area contributed by atoms with E-state index in [2.05, 4.69) is 22.5 Å². The molecule has 0 N–H and O–H groups in total. The highest BCUT2D eigenvalue weighted by Gasteiger charge is 2.20. The van der Waals surface area contributed by atoms with Crippen LogP contribution in [-0.2, 0) is 4.84 Å². The van der Waals surface area contributed by atoms with E-state index in [9.17, 15) is 0 Å². The van der Waals surface area contributed by atoms with Crippen LogP contribution in [0.2, 0.25) is 0 Å². The van der Waals surface area contributed by atoms with Crippen molar-refractivity contribution in [3.63, 3.8) is 0 Å². The summed E-state index contributed by atoms with van der Waals surface area (Å²) in [6.07, 6.45) is 13.2. The summed E-state index contributed by atoms with van der Waals surface area (Å²) >= 11 is 0. The van der Waals surface area contributed by atoms with Crippen LogP contribution in [0.3, 0.4) is 0 Å². The summed E-state index contributed by atoms with van der Waals surface area (Å²) in [5, 5.41) is 3.60. The molecule has 0 heterocycles. The standard InChI is InChI=1S/C10H16NO/c1-12-11-9-5-3-2-4-6-10-7-8-10/h3,5,7,9-10H,2,4,6,8H2,1H3. The van der Waals surface area contributed by atoms with Crippen molar-refractivity contribution in [1.82, 2.24) is 0 Å². The minimum atomic E-state index is 0.936. The van der Waals surface area contributed by atoms with E-state index in [-0.39, 0.29) is 0 Å². The second-order valence-corrected chi connectivity index (χ2v) is 3.03. The van der Waals surface area contributed by atoms with Gasteiger partial charge < -0.3 is 4.84 Å². The van der Waals surface area contributed by atoms with Gasteiger partial charge in [0.05, 0.1) is 6.21 Å². The summed E-state index contributed by atoms with van der Waals surface area (Å²) < 4.78 is 0. The van der Waals surface area contributed by atoms with Gasteiger partial charge in [-0.25, -0.2) is 0 Å². The van der Waals surface area contributed by atoms with E-state index in [4.69, 9.17) is 0 Å². The van der Waals surface area contributed by atoms with E-state index in [1.807, 2.05) is 6.08 Å². The largest absolute Gasteiger partial charge is 0.399 e. The average Bonchev–Trinajstić information content (AvgIpc) is 2.87. The summed E-state index contributed by atoms with van der Waals surface area (Å²) in [4.78, 5) is 4.51. The fraction of sp³-hybridized carbons (Fsp3) is 0.600. The van der Waals surface area contributed by atoms with Gasteiger partial charge in [-0.3, -0.25) is 0 Å². The zero-order chi connectivity index (χ0) is 8.65. The Hall–Kier alpha value is -0.790. The van der Waals surface area contributed by atoms with Gasteiger partial charge in [0.15, 0.2) is 0 Å². The van der Waals surface area contributed by atoms with E-state index >= 15 is 0 Å². The molecular formula is C10H16NO. The van der Waals surface area contributed by atoms with Crippen LogP contribution < -0.4 is 0 Å². The fourth-order valence-corrected chi connectivity index (χ4v) is 1.08. The maximum atomic E-state index is 4.51. The molecule has 0 aromatic heterocycles. The van der Waals surface area contributed by atoms with Gasteiger partial charge in [0.1, 0.15) is 7.11 Å². The van der Waals surface area contributed by atoms with Gasteiger partial charge in [0, 0.05) is 0 Å². The smallest absolute Gasteiger partial charge is 0.106 e. The van der Waals surface area contributed by atoms with Gasteiger partial charge >= 0.3 is 0 Å². The molecule has 0 aromatic carbocycles. The first-order valence-electron chi connectivity index (χ1n) is 4.48. The highest BCUT2D eigenvalue weighted by atomic mass is 16.6. The first-order valence-corrected chi connectivity index (χ1v) is 4.48. The molecule has 1 unspecified atom stereocenters. The summed E-state index contributed by atoms with van der Waals surface area (Å²) in [5.41, 5.74) is 0. The Morgan fingerprint density at radius 3 is 3.17 bits per heavy atom. The molecule has 1 saturated carbocycles. The van der Waals surface area contributed by atoms with Crippen LogP contribution in [-0.4, -0.2) is 13.3 Å². The molecule has 12 heavy (non-hydrogen) atoms. The van der Waals surface area contributed by atoms with Crippen LogP contribution in [0.1, 0.15) is 25.7 Å². The van der Waals surface area contributed by atoms with E-state index < -0.39 is 0 Å². The number of hydrogen-bond donors (Lipinski definition) is 0. The molecule has 1 atom stereocenters. The average molecular weight is 166 g/mol. The maximum Gasteiger partial charge on any atom is 0.106 e. The number of allylic oxidation sites excluding steroid dienone is 2. The Bertz CT molecular complexity index is 159. The van der Waals surface area contributed by atoms with Crippen LogP contribution in [0, 0.1) is 12.3 Å². The molecule has 1 rings (SSSR count). The fourth-order valence-electron chi connectivity index (χ4n) is 1.08. The third-order valence-corrected chi connectivity index (χ3v) is 1.90. The first kappa shape index (κ1) is 9.30. The monoisotopic (exact) mass is 166 g/mol. The van der Waals surface area contributed by atoms with Gasteiger partial charge in [-0.15, -0.1) is 0 Å². The number of rotatable bonds is 6. The van der Waals surface area contributed by atoms with Crippen molar-refractivity contribution in [3.05, 3.63) is 18.6 Å².